The van der Waals surface area contributed by atoms with Crippen LogP contribution in [-0.2, 0) is 9.59 Å². The largest absolute Gasteiger partial charge is 0.332 e. The number of thiocarbonyl (C=S) groups is 1. The van der Waals surface area contributed by atoms with Gasteiger partial charge in [-0.3, -0.25) is 25.9 Å². The maximum atomic E-state index is 11.3. The Labute approximate surface area is 126 Å². The summed E-state index contributed by atoms with van der Waals surface area (Å²) in [5.74, 6) is 9.04. The van der Waals surface area contributed by atoms with Crippen LogP contribution in [0.15, 0.2) is 30.3 Å². The van der Waals surface area contributed by atoms with Gasteiger partial charge < -0.3 is 5.32 Å². The fourth-order valence-corrected chi connectivity index (χ4v) is 1.64. The molecule has 8 N–H and O–H groups in total. The van der Waals surface area contributed by atoms with Crippen LogP contribution < -0.4 is 33.3 Å². The summed E-state index contributed by atoms with van der Waals surface area (Å²) in [6.07, 6.45) is 0. The van der Waals surface area contributed by atoms with Crippen molar-refractivity contribution in [1.29, 1.82) is 0 Å². The quantitative estimate of drug-likeness (QED) is 0.156. The van der Waals surface area contributed by atoms with Crippen LogP contribution in [0.25, 0.3) is 0 Å². The Morgan fingerprint density at radius 2 is 1.57 bits per heavy atom. The van der Waals surface area contributed by atoms with Crippen molar-refractivity contribution in [3.63, 3.8) is 0 Å². The number of nitrogens with zero attached hydrogens (tertiary/aromatic N) is 1. The molecule has 0 bridgehead atoms. The van der Waals surface area contributed by atoms with Crippen LogP contribution in [0.4, 0.5) is 5.69 Å². The molecule has 0 radical (unpaired) electrons. The number of anilines is 1. The molecule has 0 fully saturated rings. The highest BCUT2D eigenvalue weighted by molar-refractivity contribution is 7.80. The summed E-state index contributed by atoms with van der Waals surface area (Å²) in [6.45, 7) is -0.360. The van der Waals surface area contributed by atoms with Crippen molar-refractivity contribution >= 4 is 34.8 Å². The van der Waals surface area contributed by atoms with Crippen LogP contribution in [0.1, 0.15) is 0 Å². The Kier molecular flexibility index (Phi) is 7.04. The topological polar surface area (TPSA) is 138 Å². The Morgan fingerprint density at radius 1 is 1.05 bits per heavy atom. The molecule has 1 aromatic carbocycles. The van der Waals surface area contributed by atoms with Crippen LogP contribution in [0.3, 0.4) is 0 Å². The zero-order valence-corrected chi connectivity index (χ0v) is 11.9. The predicted molar refractivity (Wildman–Crippen MR) is 82.0 cm³/mol. The molecule has 0 aromatic heterocycles. The zero-order chi connectivity index (χ0) is 15.7. The molecular formula is C11H17N7O2S. The van der Waals surface area contributed by atoms with Gasteiger partial charge in [-0.15, -0.1) is 0 Å². The summed E-state index contributed by atoms with van der Waals surface area (Å²) in [6, 6.07) is 9.18. The standard InChI is InChI=1S/C11H17N7O2S/c12-15-9(19)6-18(7-10(20)16-13)17-11(21)14-8-4-2-1-3-5-8/h1-5H,6-7,12-13H2,(H,15,19)(H,16,20)(H2,14,17,21). The van der Waals surface area contributed by atoms with E-state index in [9.17, 15) is 9.59 Å². The first kappa shape index (κ1) is 16.8. The molecule has 114 valence electrons. The normalized spacial score (nSPS) is 9.86. The molecule has 0 aliphatic carbocycles. The Morgan fingerprint density at radius 3 is 2.05 bits per heavy atom. The van der Waals surface area contributed by atoms with E-state index in [1.165, 1.54) is 5.01 Å². The van der Waals surface area contributed by atoms with Crippen LogP contribution in [-0.4, -0.2) is 35.0 Å². The lowest BCUT2D eigenvalue weighted by Crippen LogP contribution is -2.53. The zero-order valence-electron chi connectivity index (χ0n) is 11.1. The van der Waals surface area contributed by atoms with Gasteiger partial charge in [-0.1, -0.05) is 18.2 Å². The number of nitrogens with two attached hydrogens (primary N) is 2. The van der Waals surface area contributed by atoms with Crippen LogP contribution in [0, 0.1) is 0 Å². The number of nitrogens with one attached hydrogen (secondary N) is 4. The molecule has 10 heteroatoms. The smallest absolute Gasteiger partial charge is 0.249 e. The number of para-hydroxylation sites is 1. The number of hydrogen-bond acceptors (Lipinski definition) is 6. The number of hydrogen-bond donors (Lipinski definition) is 6. The van der Waals surface area contributed by atoms with Crippen molar-refractivity contribution in [3.05, 3.63) is 30.3 Å². The molecule has 21 heavy (non-hydrogen) atoms. The first-order valence-electron chi connectivity index (χ1n) is 5.91. The van der Waals surface area contributed by atoms with Crippen LogP contribution >= 0.6 is 12.2 Å². The number of rotatable bonds is 6. The molecule has 0 heterocycles. The highest BCUT2D eigenvalue weighted by Gasteiger charge is 2.14. The molecular weight excluding hydrogens is 294 g/mol. The molecule has 2 amide bonds. The Hall–Kier alpha value is -2.27. The van der Waals surface area contributed by atoms with E-state index >= 15 is 0 Å². The third-order valence-corrected chi connectivity index (χ3v) is 2.48. The van der Waals surface area contributed by atoms with Gasteiger partial charge in [0.1, 0.15) is 0 Å². The van der Waals surface area contributed by atoms with Crippen molar-refractivity contribution in [2.45, 2.75) is 0 Å². The number of amides is 2. The van der Waals surface area contributed by atoms with Crippen molar-refractivity contribution in [3.8, 4) is 0 Å². The van der Waals surface area contributed by atoms with Gasteiger partial charge in [0.2, 0.25) is 11.8 Å². The SMILES string of the molecule is NNC(=O)CN(CC(=O)NN)NC(=S)Nc1ccccc1. The Balaban J connectivity index is 2.59. The summed E-state index contributed by atoms with van der Waals surface area (Å²) in [5, 5.41) is 4.39. The number of benzene rings is 1. The monoisotopic (exact) mass is 311 g/mol. The molecule has 0 saturated carbocycles. The average Bonchev–Trinajstić information content (AvgIpc) is 2.47. The Bertz CT molecular complexity index is 479. The van der Waals surface area contributed by atoms with Gasteiger partial charge in [-0.05, 0) is 24.4 Å². The van der Waals surface area contributed by atoms with Crippen molar-refractivity contribution in [2.75, 3.05) is 18.4 Å². The van der Waals surface area contributed by atoms with E-state index in [1.807, 2.05) is 41.2 Å². The lowest BCUT2D eigenvalue weighted by molar-refractivity contribution is -0.125. The van der Waals surface area contributed by atoms with Crippen LogP contribution in [0.5, 0.6) is 0 Å². The summed E-state index contributed by atoms with van der Waals surface area (Å²) in [5.41, 5.74) is 7.41. The van der Waals surface area contributed by atoms with Gasteiger partial charge in [-0.25, -0.2) is 16.7 Å². The lowest BCUT2D eigenvalue weighted by atomic mass is 10.3. The minimum Gasteiger partial charge on any atom is -0.332 e. The van der Waals surface area contributed by atoms with Gasteiger partial charge in [0.25, 0.3) is 0 Å². The number of carbonyl (C=O) groups is 2. The molecule has 1 rings (SSSR count). The maximum absolute atomic E-state index is 11.3. The highest BCUT2D eigenvalue weighted by Crippen LogP contribution is 2.04. The minimum absolute atomic E-state index is 0.180. The number of carbonyl (C=O) groups excluding carboxylic acids is 2. The van der Waals surface area contributed by atoms with E-state index in [1.54, 1.807) is 0 Å². The predicted octanol–water partition coefficient (Wildman–Crippen LogP) is -1.83. The molecule has 0 unspecified atom stereocenters. The van der Waals surface area contributed by atoms with Gasteiger partial charge >= 0.3 is 0 Å². The van der Waals surface area contributed by atoms with Gasteiger partial charge in [0, 0.05) is 5.69 Å². The van der Waals surface area contributed by atoms with Crippen molar-refractivity contribution < 1.29 is 9.59 Å². The highest BCUT2D eigenvalue weighted by atomic mass is 32.1. The van der Waals surface area contributed by atoms with Crippen molar-refractivity contribution in [1.82, 2.24) is 21.3 Å². The minimum atomic E-state index is -0.491. The fourth-order valence-electron chi connectivity index (χ4n) is 1.40. The summed E-state index contributed by atoms with van der Waals surface area (Å²) >= 11 is 5.10. The van der Waals surface area contributed by atoms with Gasteiger partial charge in [0.15, 0.2) is 5.11 Å². The molecule has 9 nitrogen and oxygen atoms in total. The summed E-state index contributed by atoms with van der Waals surface area (Å²) in [4.78, 5) is 22.6. The summed E-state index contributed by atoms with van der Waals surface area (Å²) in [7, 11) is 0. The summed E-state index contributed by atoms with van der Waals surface area (Å²) < 4.78 is 0. The average molecular weight is 311 g/mol. The molecule has 0 atom stereocenters. The van der Waals surface area contributed by atoms with Crippen molar-refractivity contribution in [2.24, 2.45) is 11.7 Å². The second-order valence-electron chi connectivity index (χ2n) is 3.92. The van der Waals surface area contributed by atoms with E-state index in [0.29, 0.717) is 0 Å². The third kappa shape index (κ3) is 6.63. The molecule has 0 aliphatic heterocycles. The maximum Gasteiger partial charge on any atom is 0.249 e. The lowest BCUT2D eigenvalue weighted by Gasteiger charge is -2.23. The van der Waals surface area contributed by atoms with E-state index in [0.717, 1.165) is 5.69 Å². The third-order valence-electron chi connectivity index (χ3n) is 2.28. The molecule has 1 aromatic rings. The second-order valence-corrected chi connectivity index (χ2v) is 4.33. The van der Waals surface area contributed by atoms with Gasteiger partial charge in [0.05, 0.1) is 13.1 Å². The molecule has 0 saturated heterocycles. The van der Waals surface area contributed by atoms with Crippen LogP contribution in [0.2, 0.25) is 0 Å². The first-order valence-corrected chi connectivity index (χ1v) is 6.32. The van der Waals surface area contributed by atoms with E-state index in [-0.39, 0.29) is 18.2 Å². The van der Waals surface area contributed by atoms with Gasteiger partial charge in [-0.2, -0.15) is 0 Å². The first-order chi connectivity index (χ1) is 10.0. The van der Waals surface area contributed by atoms with E-state index in [4.69, 9.17) is 23.9 Å². The molecule has 0 aliphatic rings. The fraction of sp³-hybridized carbons (Fsp3) is 0.182. The van der Waals surface area contributed by atoms with E-state index in [2.05, 4.69) is 10.7 Å². The number of hydrazine groups is 3. The molecule has 0 spiro atoms. The van der Waals surface area contributed by atoms with E-state index < -0.39 is 11.8 Å². The second kappa shape index (κ2) is 8.81.